The number of aliphatic hydroxyl groups excluding tert-OH is 3. The van der Waals surface area contributed by atoms with Crippen LogP contribution in [0.4, 0.5) is 0 Å². The SMILES string of the molecule is COc1c(-c2ccc(OC3OC(C(=O)O)C(O)C(O)C3O)c(O)c2)oc2cc3c(c(O)c2c1=O)OCO3. The third-order valence-electron chi connectivity index (χ3n) is 5.93. The molecule has 1 saturated heterocycles. The van der Waals surface area contributed by atoms with E-state index >= 15 is 0 Å². The Bertz CT molecular complexity index is 1450. The number of phenolic OH excluding ortho intramolecular Hbond substituents is 2. The highest BCUT2D eigenvalue weighted by Crippen LogP contribution is 2.46. The molecule has 0 aliphatic carbocycles. The first-order valence-corrected chi connectivity index (χ1v) is 10.7. The number of aliphatic hydroxyl groups is 3. The predicted octanol–water partition coefficient (Wildman–Crippen LogP) is -0.121. The fraction of sp³-hybridized carbons (Fsp3) is 0.304. The normalized spacial score (nSPS) is 24.7. The average molecular weight is 520 g/mol. The van der Waals surface area contributed by atoms with Crippen LogP contribution in [0.1, 0.15) is 0 Å². The number of carboxylic acid groups (broad SMARTS) is 1. The molecule has 2 aliphatic heterocycles. The van der Waals surface area contributed by atoms with Crippen LogP contribution in [-0.2, 0) is 9.53 Å². The fourth-order valence-electron chi connectivity index (χ4n) is 4.08. The van der Waals surface area contributed by atoms with Crippen LogP contribution in [0.3, 0.4) is 0 Å². The minimum atomic E-state index is -1.91. The molecule has 0 spiro atoms. The van der Waals surface area contributed by atoms with Gasteiger partial charge in [-0.2, -0.15) is 0 Å². The molecule has 196 valence electrons. The summed E-state index contributed by atoms with van der Waals surface area (Å²) in [5, 5.41) is 59.9. The number of carbonyl (C=O) groups is 1. The zero-order valence-corrected chi connectivity index (χ0v) is 18.9. The molecule has 5 atom stereocenters. The van der Waals surface area contributed by atoms with Crippen LogP contribution in [0.2, 0.25) is 0 Å². The summed E-state index contributed by atoms with van der Waals surface area (Å²) < 4.78 is 31.9. The Labute approximate surface area is 206 Å². The lowest BCUT2D eigenvalue weighted by Crippen LogP contribution is -2.61. The number of benzene rings is 2. The van der Waals surface area contributed by atoms with Crippen molar-refractivity contribution >= 4 is 16.9 Å². The molecule has 0 amide bonds. The van der Waals surface area contributed by atoms with Crippen LogP contribution in [0.5, 0.6) is 34.5 Å². The zero-order chi connectivity index (χ0) is 26.6. The van der Waals surface area contributed by atoms with E-state index in [1.807, 2.05) is 0 Å². The van der Waals surface area contributed by atoms with Gasteiger partial charge in [0.2, 0.25) is 30.0 Å². The molecule has 0 saturated carbocycles. The van der Waals surface area contributed by atoms with Crippen molar-refractivity contribution in [3.8, 4) is 45.8 Å². The van der Waals surface area contributed by atoms with E-state index in [0.29, 0.717) is 0 Å². The van der Waals surface area contributed by atoms with Crippen molar-refractivity contribution in [3.63, 3.8) is 0 Å². The number of ether oxygens (including phenoxy) is 5. The number of hydrogen-bond donors (Lipinski definition) is 6. The summed E-state index contributed by atoms with van der Waals surface area (Å²) in [5.74, 6) is -3.16. The monoisotopic (exact) mass is 520 g/mol. The van der Waals surface area contributed by atoms with Crippen molar-refractivity contribution in [1.82, 2.24) is 0 Å². The van der Waals surface area contributed by atoms with Gasteiger partial charge in [0, 0.05) is 11.6 Å². The van der Waals surface area contributed by atoms with Gasteiger partial charge in [-0.1, -0.05) is 0 Å². The largest absolute Gasteiger partial charge is 0.504 e. The first-order valence-electron chi connectivity index (χ1n) is 10.7. The third kappa shape index (κ3) is 3.92. The molecule has 6 N–H and O–H groups in total. The summed E-state index contributed by atoms with van der Waals surface area (Å²) in [4.78, 5) is 24.4. The van der Waals surface area contributed by atoms with Gasteiger partial charge in [0.15, 0.2) is 34.9 Å². The Morgan fingerprint density at radius 3 is 2.49 bits per heavy atom. The topological polar surface area (TPSA) is 215 Å². The Morgan fingerprint density at radius 2 is 1.81 bits per heavy atom. The fourth-order valence-corrected chi connectivity index (χ4v) is 4.08. The molecular weight excluding hydrogens is 500 g/mol. The molecule has 14 nitrogen and oxygen atoms in total. The van der Waals surface area contributed by atoms with E-state index in [2.05, 4.69) is 0 Å². The molecule has 5 unspecified atom stereocenters. The summed E-state index contributed by atoms with van der Waals surface area (Å²) in [6, 6.07) is 5.04. The van der Waals surface area contributed by atoms with Gasteiger partial charge in [-0.25, -0.2) is 4.79 Å². The predicted molar refractivity (Wildman–Crippen MR) is 119 cm³/mol. The first-order chi connectivity index (χ1) is 17.6. The standard InChI is InChI=1S/C23H20O14/c1-32-20-14(26)12-10(5-11-19(13(12)25)34-6-33-11)35-18(20)7-2-3-9(8(24)4-7)36-23-17(29)15(27)16(28)21(37-23)22(30)31/h2-5,15-17,21,23-25,27-29H,6H2,1H3,(H,30,31). The lowest BCUT2D eigenvalue weighted by Gasteiger charge is -2.38. The smallest absolute Gasteiger partial charge is 0.335 e. The van der Waals surface area contributed by atoms with Crippen LogP contribution < -0.4 is 24.4 Å². The van der Waals surface area contributed by atoms with E-state index in [-0.39, 0.29) is 52.1 Å². The van der Waals surface area contributed by atoms with E-state index in [1.54, 1.807) is 0 Å². The van der Waals surface area contributed by atoms with Gasteiger partial charge < -0.3 is 58.7 Å². The number of hydrogen-bond acceptors (Lipinski definition) is 13. The van der Waals surface area contributed by atoms with Gasteiger partial charge in [-0.3, -0.25) is 4.79 Å². The van der Waals surface area contributed by atoms with Crippen molar-refractivity contribution in [3.05, 3.63) is 34.5 Å². The number of rotatable bonds is 5. The molecule has 0 bridgehead atoms. The number of aliphatic carboxylic acids is 1. The van der Waals surface area contributed by atoms with Gasteiger partial charge in [-0.05, 0) is 18.2 Å². The van der Waals surface area contributed by atoms with Crippen molar-refractivity contribution in [2.24, 2.45) is 0 Å². The van der Waals surface area contributed by atoms with Crippen molar-refractivity contribution in [1.29, 1.82) is 0 Å². The van der Waals surface area contributed by atoms with E-state index < -0.39 is 53.6 Å². The summed E-state index contributed by atoms with van der Waals surface area (Å²) in [6.07, 6.45) is -9.30. The Hall–Kier alpha value is -4.24. The van der Waals surface area contributed by atoms with Crippen LogP contribution in [0.25, 0.3) is 22.3 Å². The first kappa shape index (κ1) is 24.5. The maximum atomic E-state index is 13.1. The highest BCUT2D eigenvalue weighted by Gasteiger charge is 2.48. The summed E-state index contributed by atoms with van der Waals surface area (Å²) in [6.45, 7) is -0.157. The average Bonchev–Trinajstić information content (AvgIpc) is 3.34. The Kier molecular flexibility index (Phi) is 5.95. The van der Waals surface area contributed by atoms with Crippen molar-refractivity contribution in [2.45, 2.75) is 30.7 Å². The molecule has 5 rings (SSSR count). The Balaban J connectivity index is 1.51. The molecule has 1 aromatic heterocycles. The molecule has 2 aromatic carbocycles. The van der Waals surface area contributed by atoms with Crippen LogP contribution >= 0.6 is 0 Å². The van der Waals surface area contributed by atoms with Crippen molar-refractivity contribution < 1.29 is 63.5 Å². The molecule has 1 fully saturated rings. The highest BCUT2D eigenvalue weighted by atomic mass is 16.7. The summed E-state index contributed by atoms with van der Waals surface area (Å²) in [5.41, 5.74) is -0.629. The molecule has 2 aliphatic rings. The van der Waals surface area contributed by atoms with Crippen LogP contribution in [-0.4, -0.2) is 81.2 Å². The summed E-state index contributed by atoms with van der Waals surface area (Å²) in [7, 11) is 1.21. The second-order valence-electron chi connectivity index (χ2n) is 8.16. The maximum absolute atomic E-state index is 13.1. The molecule has 0 radical (unpaired) electrons. The molecular formula is C23H20O14. The summed E-state index contributed by atoms with van der Waals surface area (Å²) >= 11 is 0. The number of methoxy groups -OCH3 is 1. The minimum Gasteiger partial charge on any atom is -0.504 e. The van der Waals surface area contributed by atoms with Gasteiger partial charge in [0.05, 0.1) is 7.11 Å². The number of aromatic hydroxyl groups is 2. The zero-order valence-electron chi connectivity index (χ0n) is 18.9. The van der Waals surface area contributed by atoms with E-state index in [9.17, 15) is 35.1 Å². The van der Waals surface area contributed by atoms with E-state index in [1.165, 1.54) is 25.3 Å². The molecule has 14 heteroatoms. The second kappa shape index (κ2) is 9.01. The maximum Gasteiger partial charge on any atom is 0.335 e. The number of carboxylic acids is 1. The molecule has 37 heavy (non-hydrogen) atoms. The second-order valence-corrected chi connectivity index (χ2v) is 8.16. The van der Waals surface area contributed by atoms with Crippen molar-refractivity contribution in [2.75, 3.05) is 13.9 Å². The third-order valence-corrected chi connectivity index (χ3v) is 5.93. The quantitative estimate of drug-likeness (QED) is 0.259. The molecule has 3 heterocycles. The number of fused-ring (bicyclic) bond motifs is 2. The van der Waals surface area contributed by atoms with E-state index in [4.69, 9.17) is 33.2 Å². The minimum absolute atomic E-state index is 0.0105. The number of phenols is 2. The highest BCUT2D eigenvalue weighted by molar-refractivity contribution is 5.91. The van der Waals surface area contributed by atoms with Gasteiger partial charge >= 0.3 is 5.97 Å². The molecule has 3 aromatic rings. The lowest BCUT2D eigenvalue weighted by molar-refractivity contribution is -0.271. The van der Waals surface area contributed by atoms with Gasteiger partial charge in [-0.15, -0.1) is 0 Å². The van der Waals surface area contributed by atoms with E-state index in [0.717, 1.165) is 6.07 Å². The van der Waals surface area contributed by atoms with Gasteiger partial charge in [0.25, 0.3) is 0 Å². The lowest BCUT2D eigenvalue weighted by atomic mass is 9.99. The van der Waals surface area contributed by atoms with Crippen LogP contribution in [0.15, 0.2) is 33.5 Å². The Morgan fingerprint density at radius 1 is 1.05 bits per heavy atom. The van der Waals surface area contributed by atoms with Gasteiger partial charge in [0.1, 0.15) is 29.3 Å². The van der Waals surface area contributed by atoms with Crippen LogP contribution in [0, 0.1) is 0 Å².